The van der Waals surface area contributed by atoms with Crippen LogP contribution in [-0.2, 0) is 33.3 Å². The van der Waals surface area contributed by atoms with Gasteiger partial charge in [0.2, 0.25) is 0 Å². The molecule has 5 N–H and O–H groups in total. The second kappa shape index (κ2) is 16.2. The van der Waals surface area contributed by atoms with E-state index >= 15 is 0 Å². The molecule has 0 bridgehead atoms. The minimum Gasteiger partial charge on any atom is -0.481 e. The monoisotopic (exact) mass is 750 g/mol. The van der Waals surface area contributed by atoms with Crippen LogP contribution in [0.15, 0.2) is 12.2 Å². The number of nitrogens with two attached hydrogens (primary N) is 1. The van der Waals surface area contributed by atoms with Crippen molar-refractivity contribution in [3.63, 3.8) is 0 Å². The molecule has 4 fully saturated rings. The summed E-state index contributed by atoms with van der Waals surface area (Å²) in [6.45, 7) is 19.8. The molecule has 5 heterocycles. The highest BCUT2D eigenvalue weighted by Crippen LogP contribution is 2.53. The molecule has 0 aromatic rings. The van der Waals surface area contributed by atoms with E-state index in [-0.39, 0.29) is 47.8 Å². The molecule has 304 valence electrons. The largest absolute Gasteiger partial charge is 0.481 e. The number of carboxylic acid groups (broad SMARTS) is 1. The summed E-state index contributed by atoms with van der Waals surface area (Å²) >= 11 is 0. The fourth-order valence-electron chi connectivity index (χ4n) is 10.5. The topological polar surface area (TPSA) is 167 Å². The second-order valence-electron chi connectivity index (χ2n) is 18.0. The number of Topliss-reactive ketones (excluding diaryl/α,β-unsaturated/α-hetero) is 1. The van der Waals surface area contributed by atoms with E-state index in [1.807, 2.05) is 46.8 Å². The summed E-state index contributed by atoms with van der Waals surface area (Å²) in [7, 11) is 0. The number of carboxylic acids is 1. The molecule has 5 aliphatic rings. The molecule has 11 heteroatoms. The van der Waals surface area contributed by atoms with Crippen LogP contribution in [0.3, 0.4) is 0 Å². The highest BCUT2D eigenvalue weighted by molar-refractivity contribution is 5.84. The molecule has 5 aliphatic heterocycles. The molecule has 11 nitrogen and oxygen atoms in total. The lowest BCUT2D eigenvalue weighted by Gasteiger charge is -2.54. The summed E-state index contributed by atoms with van der Waals surface area (Å²) in [6.07, 6.45) is 7.44. The van der Waals surface area contributed by atoms with Crippen molar-refractivity contribution in [3.8, 4) is 0 Å². The highest BCUT2D eigenvalue weighted by atomic mass is 16.8. The first-order chi connectivity index (χ1) is 24.8. The Bertz CT molecular complexity index is 1330. The third-order valence-electron chi connectivity index (χ3n) is 14.5. The van der Waals surface area contributed by atoms with Crippen molar-refractivity contribution in [2.75, 3.05) is 0 Å². The first kappa shape index (κ1) is 42.7. The van der Waals surface area contributed by atoms with Crippen LogP contribution in [0.25, 0.3) is 0 Å². The zero-order valence-corrected chi connectivity index (χ0v) is 34.1. The van der Waals surface area contributed by atoms with Crippen LogP contribution in [0, 0.1) is 41.4 Å². The molecule has 18 atom stereocenters. The van der Waals surface area contributed by atoms with Crippen LogP contribution < -0.4 is 5.73 Å². The SMILES string of the molecule is CC[C@@H](C(=O)[C@@H](C)[C@@H](O)[C@H](C)[C@@H]1O[C@@H]([C@@H](CC)C(=O)O)CC[C@@H]1C)C1O[C@]2(C=C[C@H](N)[C@]3(CC[C@@](C)([C@H]4CC[C@](O)(CC)[C@H](C)O4)O3)O2)[C@H](C)C[C@@H]1C. The van der Waals surface area contributed by atoms with Gasteiger partial charge < -0.3 is 44.7 Å². The number of carbonyl (C=O) groups is 2. The molecule has 0 radical (unpaired) electrons. The van der Waals surface area contributed by atoms with Crippen molar-refractivity contribution in [2.45, 2.75) is 199 Å². The van der Waals surface area contributed by atoms with E-state index in [1.54, 1.807) is 6.92 Å². The Morgan fingerprint density at radius 3 is 2.19 bits per heavy atom. The third kappa shape index (κ3) is 7.94. The van der Waals surface area contributed by atoms with Gasteiger partial charge in [-0.3, -0.25) is 9.59 Å². The van der Waals surface area contributed by atoms with E-state index in [0.717, 1.165) is 12.8 Å². The lowest BCUT2D eigenvalue weighted by Crippen LogP contribution is -2.64. The molecular formula is C42H71NO10. The maximum atomic E-state index is 14.5. The molecule has 0 aliphatic carbocycles. The lowest BCUT2D eigenvalue weighted by molar-refractivity contribution is -0.396. The van der Waals surface area contributed by atoms with Gasteiger partial charge in [0.25, 0.3) is 0 Å². The Kier molecular flexibility index (Phi) is 13.0. The van der Waals surface area contributed by atoms with Gasteiger partial charge in [-0.05, 0) is 89.5 Å². The number of carbonyl (C=O) groups excluding carboxylic acids is 1. The van der Waals surface area contributed by atoms with Crippen molar-refractivity contribution in [1.82, 2.24) is 0 Å². The number of aliphatic hydroxyl groups is 2. The molecule has 53 heavy (non-hydrogen) atoms. The number of aliphatic hydroxyl groups excluding tert-OH is 1. The predicted molar refractivity (Wildman–Crippen MR) is 201 cm³/mol. The van der Waals surface area contributed by atoms with Crippen molar-refractivity contribution in [2.24, 2.45) is 47.2 Å². The quantitative estimate of drug-likeness (QED) is 0.169. The highest BCUT2D eigenvalue weighted by Gasteiger charge is 2.62. The fraction of sp³-hybridized carbons (Fsp3) is 0.905. The van der Waals surface area contributed by atoms with Crippen LogP contribution in [-0.4, -0.2) is 92.5 Å². The normalized spacial score (nSPS) is 46.2. The van der Waals surface area contributed by atoms with E-state index in [0.29, 0.717) is 51.4 Å². The fourth-order valence-corrected chi connectivity index (χ4v) is 10.5. The summed E-state index contributed by atoms with van der Waals surface area (Å²) in [4.78, 5) is 26.4. The molecule has 0 aromatic heterocycles. The maximum Gasteiger partial charge on any atom is 0.309 e. The van der Waals surface area contributed by atoms with Crippen LogP contribution in [0.5, 0.6) is 0 Å². The van der Waals surface area contributed by atoms with Gasteiger partial charge in [-0.15, -0.1) is 0 Å². The zero-order chi connectivity index (χ0) is 39.3. The maximum absolute atomic E-state index is 14.5. The number of hydrogen-bond donors (Lipinski definition) is 4. The van der Waals surface area contributed by atoms with Crippen molar-refractivity contribution in [3.05, 3.63) is 12.2 Å². The first-order valence-electron chi connectivity index (χ1n) is 20.8. The molecule has 0 aromatic carbocycles. The number of hydrogen-bond acceptors (Lipinski definition) is 10. The molecule has 5 rings (SSSR count). The van der Waals surface area contributed by atoms with Crippen LogP contribution in [0.1, 0.15) is 133 Å². The number of ether oxygens (including phenoxy) is 5. The molecule has 4 saturated heterocycles. The first-order valence-corrected chi connectivity index (χ1v) is 20.8. The van der Waals surface area contributed by atoms with Gasteiger partial charge in [-0.25, -0.2) is 0 Å². The Morgan fingerprint density at radius 1 is 0.906 bits per heavy atom. The van der Waals surface area contributed by atoms with E-state index in [2.05, 4.69) is 27.7 Å². The van der Waals surface area contributed by atoms with E-state index in [1.165, 1.54) is 0 Å². The van der Waals surface area contributed by atoms with Gasteiger partial charge in [0, 0.05) is 30.1 Å². The molecule has 0 saturated carbocycles. The van der Waals surface area contributed by atoms with Gasteiger partial charge in [0.15, 0.2) is 11.6 Å². The zero-order valence-electron chi connectivity index (χ0n) is 34.1. The third-order valence-corrected chi connectivity index (χ3v) is 14.5. The summed E-state index contributed by atoms with van der Waals surface area (Å²) in [5.74, 6) is -5.28. The number of aliphatic carboxylic acids is 1. The van der Waals surface area contributed by atoms with E-state index in [4.69, 9.17) is 29.4 Å². The average Bonchev–Trinajstić information content (AvgIpc) is 3.47. The van der Waals surface area contributed by atoms with Gasteiger partial charge >= 0.3 is 5.97 Å². The molecular weight excluding hydrogens is 678 g/mol. The molecule has 0 amide bonds. The van der Waals surface area contributed by atoms with Gasteiger partial charge in [-0.2, -0.15) is 0 Å². The van der Waals surface area contributed by atoms with Gasteiger partial charge in [0.05, 0.1) is 59.8 Å². The molecule has 2 spiro atoms. The Hall–Kier alpha value is -1.44. The van der Waals surface area contributed by atoms with E-state index in [9.17, 15) is 24.9 Å². The Morgan fingerprint density at radius 2 is 1.58 bits per heavy atom. The van der Waals surface area contributed by atoms with E-state index < -0.39 is 70.9 Å². The van der Waals surface area contributed by atoms with Crippen LogP contribution in [0.2, 0.25) is 0 Å². The molecule has 1 unspecified atom stereocenters. The summed E-state index contributed by atoms with van der Waals surface area (Å²) in [5, 5.41) is 32.6. The number of ketones is 1. The number of rotatable bonds is 12. The minimum atomic E-state index is -1.16. The van der Waals surface area contributed by atoms with Crippen LogP contribution in [0.4, 0.5) is 0 Å². The Balaban J connectivity index is 1.31. The summed E-state index contributed by atoms with van der Waals surface area (Å²) < 4.78 is 33.8. The standard InChI is InChI=1S/C42H71NO10/c1-11-29(38(46)47)31-15-14-23(4)36(50-31)27(8)34(44)26(7)35(45)30(12-2)37-24(5)22-25(6)41(51-37)19-16-32(43)42(53-41)21-20-39(10,52-42)33-17-18-40(48,13-3)28(9)49-33/h16,19,23-34,36-37,44,48H,11-15,17-18,20-22,43H2,1-10H3,(H,46,47)/t23-,24-,25+,26-,27-,28-,29+,30-,31+,32-,33+,34+,36+,37?,39-,40+,41-,42-/m0/s1. The van der Waals surface area contributed by atoms with Crippen molar-refractivity contribution < 1.29 is 48.6 Å². The van der Waals surface area contributed by atoms with Gasteiger partial charge in [0.1, 0.15) is 5.78 Å². The van der Waals surface area contributed by atoms with Crippen molar-refractivity contribution >= 4 is 11.8 Å². The van der Waals surface area contributed by atoms with Crippen LogP contribution >= 0.6 is 0 Å². The lowest BCUT2D eigenvalue weighted by atomic mass is 9.72. The summed E-state index contributed by atoms with van der Waals surface area (Å²) in [6, 6.07) is -0.538. The smallest absolute Gasteiger partial charge is 0.309 e. The predicted octanol–water partition coefficient (Wildman–Crippen LogP) is 6.15. The Labute approximate surface area is 318 Å². The van der Waals surface area contributed by atoms with Gasteiger partial charge in [-0.1, -0.05) is 61.5 Å². The second-order valence-corrected chi connectivity index (χ2v) is 18.0. The average molecular weight is 750 g/mol. The summed E-state index contributed by atoms with van der Waals surface area (Å²) in [5.41, 5.74) is 5.25. The van der Waals surface area contributed by atoms with Crippen molar-refractivity contribution in [1.29, 1.82) is 0 Å². The minimum absolute atomic E-state index is 0.0449.